The van der Waals surface area contributed by atoms with Gasteiger partial charge in [0.05, 0.1) is 10.2 Å². The molecule has 0 aliphatic carbocycles. The van der Waals surface area contributed by atoms with Gasteiger partial charge in [0.1, 0.15) is 15.6 Å². The fraction of sp³-hybridized carbons (Fsp3) is 0.462. The van der Waals surface area contributed by atoms with Crippen molar-refractivity contribution in [1.82, 2.24) is 5.32 Å². The van der Waals surface area contributed by atoms with Crippen molar-refractivity contribution in [3.63, 3.8) is 0 Å². The lowest BCUT2D eigenvalue weighted by Crippen LogP contribution is -2.37. The summed E-state index contributed by atoms with van der Waals surface area (Å²) in [6, 6.07) is 5.01. The zero-order chi connectivity index (χ0) is 16.0. The van der Waals surface area contributed by atoms with Crippen molar-refractivity contribution < 1.29 is 17.9 Å². The second-order valence-electron chi connectivity index (χ2n) is 4.61. The maximum atomic E-state index is 11.8. The third-order valence-corrected chi connectivity index (χ3v) is 4.44. The monoisotopic (exact) mass is 397 g/mol. The normalized spacial score (nSPS) is 12.8. The zero-order valence-corrected chi connectivity index (χ0v) is 14.9. The molecule has 1 aromatic carbocycles. The lowest BCUT2D eigenvalue weighted by atomic mass is 10.3. The average molecular weight is 399 g/mol. The van der Waals surface area contributed by atoms with E-state index in [0.717, 1.165) is 0 Å². The fourth-order valence-corrected chi connectivity index (χ4v) is 2.95. The minimum absolute atomic E-state index is 0.0469. The molecule has 0 aliphatic heterocycles. The molecule has 1 unspecified atom stereocenters. The largest absolute Gasteiger partial charge is 0.480 e. The summed E-state index contributed by atoms with van der Waals surface area (Å²) in [4.78, 5) is 11.8. The number of carbonyl (C=O) groups excluding carboxylic acids is 1. The van der Waals surface area contributed by atoms with Gasteiger partial charge in [0.2, 0.25) is 0 Å². The second-order valence-corrected chi connectivity index (χ2v) is 8.16. The van der Waals surface area contributed by atoms with E-state index in [1.807, 2.05) is 0 Å². The quantitative estimate of drug-likeness (QED) is 0.716. The molecular weight excluding hydrogens is 382 g/mol. The van der Waals surface area contributed by atoms with Crippen LogP contribution in [0.25, 0.3) is 0 Å². The van der Waals surface area contributed by atoms with Gasteiger partial charge in [-0.15, -0.1) is 0 Å². The Bertz CT molecular complexity index is 606. The lowest BCUT2D eigenvalue weighted by Gasteiger charge is -2.15. The van der Waals surface area contributed by atoms with Gasteiger partial charge in [0.15, 0.2) is 6.10 Å². The summed E-state index contributed by atoms with van der Waals surface area (Å²) in [5, 5.41) is 3.20. The van der Waals surface area contributed by atoms with Crippen molar-refractivity contribution in [3.05, 3.63) is 27.7 Å². The van der Waals surface area contributed by atoms with Crippen LogP contribution in [0.5, 0.6) is 5.75 Å². The first kappa shape index (κ1) is 18.3. The van der Waals surface area contributed by atoms with Crippen LogP contribution in [0.2, 0.25) is 5.02 Å². The molecule has 0 aliphatic rings. The van der Waals surface area contributed by atoms with E-state index in [2.05, 4.69) is 21.2 Å². The predicted octanol–water partition coefficient (Wildman–Crippen LogP) is 2.42. The van der Waals surface area contributed by atoms with E-state index in [-0.39, 0.29) is 11.7 Å². The summed E-state index contributed by atoms with van der Waals surface area (Å²) >= 11 is 9.13. The molecule has 1 amide bonds. The Labute approximate surface area is 138 Å². The standard InChI is InChI=1S/C13H17BrClNO4S/c1-9(13(17)16-6-3-7-21(2,18)19)20-12-5-4-10(15)8-11(12)14/h4-5,8-9H,3,6-7H2,1-2H3,(H,16,17). The molecule has 5 nitrogen and oxygen atoms in total. The molecule has 1 atom stereocenters. The van der Waals surface area contributed by atoms with Crippen LogP contribution in [0, 0.1) is 0 Å². The lowest BCUT2D eigenvalue weighted by molar-refractivity contribution is -0.127. The van der Waals surface area contributed by atoms with E-state index in [1.165, 1.54) is 6.26 Å². The molecule has 0 saturated heterocycles. The van der Waals surface area contributed by atoms with Gasteiger partial charge in [-0.2, -0.15) is 0 Å². The van der Waals surface area contributed by atoms with E-state index < -0.39 is 15.9 Å². The highest BCUT2D eigenvalue weighted by Crippen LogP contribution is 2.28. The van der Waals surface area contributed by atoms with Crippen molar-refractivity contribution >= 4 is 43.3 Å². The van der Waals surface area contributed by atoms with Gasteiger partial charge in [0.25, 0.3) is 5.91 Å². The van der Waals surface area contributed by atoms with E-state index in [9.17, 15) is 13.2 Å². The number of hydrogen-bond acceptors (Lipinski definition) is 4. The molecule has 0 bridgehead atoms. The van der Waals surface area contributed by atoms with Crippen molar-refractivity contribution in [1.29, 1.82) is 0 Å². The van der Waals surface area contributed by atoms with Crippen LogP contribution in [-0.4, -0.2) is 39.0 Å². The molecule has 0 aromatic heterocycles. The molecule has 118 valence electrons. The smallest absolute Gasteiger partial charge is 0.260 e. The van der Waals surface area contributed by atoms with Gasteiger partial charge in [-0.05, 0) is 47.5 Å². The number of halogens is 2. The van der Waals surface area contributed by atoms with Gasteiger partial charge < -0.3 is 10.1 Å². The third kappa shape index (κ3) is 7.15. The van der Waals surface area contributed by atoms with E-state index in [4.69, 9.17) is 16.3 Å². The molecule has 8 heteroatoms. The average Bonchev–Trinajstić information content (AvgIpc) is 2.36. The molecule has 1 rings (SSSR count). The maximum Gasteiger partial charge on any atom is 0.260 e. The topological polar surface area (TPSA) is 72.5 Å². The van der Waals surface area contributed by atoms with E-state index >= 15 is 0 Å². The Hall–Kier alpha value is -0.790. The summed E-state index contributed by atoms with van der Waals surface area (Å²) < 4.78 is 28.1. The predicted molar refractivity (Wildman–Crippen MR) is 86.6 cm³/mol. The first-order valence-electron chi connectivity index (χ1n) is 6.26. The van der Waals surface area contributed by atoms with Crippen LogP contribution in [0.4, 0.5) is 0 Å². The fourth-order valence-electron chi connectivity index (χ4n) is 1.50. The van der Waals surface area contributed by atoms with Crippen LogP contribution in [-0.2, 0) is 14.6 Å². The highest BCUT2D eigenvalue weighted by molar-refractivity contribution is 9.10. The van der Waals surface area contributed by atoms with Gasteiger partial charge in [0, 0.05) is 17.8 Å². The number of benzene rings is 1. The van der Waals surface area contributed by atoms with Gasteiger partial charge in [-0.1, -0.05) is 11.6 Å². The van der Waals surface area contributed by atoms with Crippen molar-refractivity contribution in [2.24, 2.45) is 0 Å². The Morgan fingerprint density at radius 2 is 2.14 bits per heavy atom. The van der Waals surface area contributed by atoms with Crippen LogP contribution >= 0.6 is 27.5 Å². The molecule has 1 N–H and O–H groups in total. The molecule has 0 radical (unpaired) electrons. The van der Waals surface area contributed by atoms with Gasteiger partial charge in [-0.3, -0.25) is 4.79 Å². The number of carbonyl (C=O) groups is 1. The number of sulfone groups is 1. The molecular formula is C13H17BrClNO4S. The molecule has 0 saturated carbocycles. The number of hydrogen-bond donors (Lipinski definition) is 1. The Morgan fingerprint density at radius 1 is 1.48 bits per heavy atom. The molecule has 21 heavy (non-hydrogen) atoms. The number of ether oxygens (including phenoxy) is 1. The number of rotatable bonds is 7. The Balaban J connectivity index is 2.44. The van der Waals surface area contributed by atoms with Gasteiger partial charge in [-0.25, -0.2) is 8.42 Å². The first-order valence-corrected chi connectivity index (χ1v) is 9.49. The second kappa shape index (κ2) is 8.00. The number of nitrogens with one attached hydrogen (secondary N) is 1. The maximum absolute atomic E-state index is 11.8. The summed E-state index contributed by atoms with van der Waals surface area (Å²) in [6.07, 6.45) is 0.848. The first-order chi connectivity index (χ1) is 9.69. The van der Waals surface area contributed by atoms with Crippen LogP contribution in [0.15, 0.2) is 22.7 Å². The Morgan fingerprint density at radius 3 is 2.71 bits per heavy atom. The third-order valence-electron chi connectivity index (χ3n) is 2.56. The van der Waals surface area contributed by atoms with Gasteiger partial charge >= 0.3 is 0 Å². The SMILES string of the molecule is CC(Oc1ccc(Cl)cc1Br)C(=O)NCCCS(C)(=O)=O. The van der Waals surface area contributed by atoms with Crippen molar-refractivity contribution in [3.8, 4) is 5.75 Å². The van der Waals surface area contributed by atoms with Crippen LogP contribution in [0.3, 0.4) is 0 Å². The summed E-state index contributed by atoms with van der Waals surface area (Å²) in [7, 11) is -3.00. The zero-order valence-electron chi connectivity index (χ0n) is 11.7. The summed E-state index contributed by atoms with van der Waals surface area (Å²) in [5.74, 6) is 0.258. The Kier molecular flexibility index (Phi) is 6.96. The van der Waals surface area contributed by atoms with Crippen LogP contribution < -0.4 is 10.1 Å². The summed E-state index contributed by atoms with van der Waals surface area (Å²) in [6.45, 7) is 1.91. The van der Waals surface area contributed by atoms with Crippen LogP contribution in [0.1, 0.15) is 13.3 Å². The van der Waals surface area contributed by atoms with Crippen molar-refractivity contribution in [2.75, 3.05) is 18.6 Å². The van der Waals surface area contributed by atoms with E-state index in [1.54, 1.807) is 25.1 Å². The molecule has 0 spiro atoms. The molecule has 0 heterocycles. The minimum atomic E-state index is -3.00. The van der Waals surface area contributed by atoms with Crippen molar-refractivity contribution in [2.45, 2.75) is 19.4 Å². The minimum Gasteiger partial charge on any atom is -0.480 e. The highest BCUT2D eigenvalue weighted by atomic mass is 79.9. The molecule has 1 aromatic rings. The summed E-state index contributed by atoms with van der Waals surface area (Å²) in [5.41, 5.74) is 0. The van der Waals surface area contributed by atoms with E-state index in [0.29, 0.717) is 28.2 Å². The highest BCUT2D eigenvalue weighted by Gasteiger charge is 2.15. The number of amides is 1. The molecule has 0 fully saturated rings.